The lowest BCUT2D eigenvalue weighted by Gasteiger charge is -2.26. The molecule has 0 aromatic heterocycles. The van der Waals surface area contributed by atoms with Crippen molar-refractivity contribution in [2.75, 3.05) is 31.1 Å². The minimum absolute atomic E-state index is 0.156. The molecule has 7 heteroatoms. The van der Waals surface area contributed by atoms with Gasteiger partial charge in [-0.15, -0.1) is 0 Å². The fourth-order valence-corrected chi connectivity index (χ4v) is 3.84. The second-order valence-electron chi connectivity index (χ2n) is 7.34. The fraction of sp³-hybridized carbons (Fsp3) is 0.318. The van der Waals surface area contributed by atoms with E-state index in [4.69, 9.17) is 0 Å². The van der Waals surface area contributed by atoms with Crippen molar-refractivity contribution in [1.29, 1.82) is 0 Å². The molecule has 29 heavy (non-hydrogen) atoms. The van der Waals surface area contributed by atoms with Gasteiger partial charge in [-0.25, -0.2) is 9.29 Å². The molecule has 4 rings (SSSR count). The first-order chi connectivity index (χ1) is 14.0. The van der Waals surface area contributed by atoms with Gasteiger partial charge < -0.3 is 10.2 Å². The number of hydrogen-bond acceptors (Lipinski definition) is 4. The summed E-state index contributed by atoms with van der Waals surface area (Å²) in [7, 11) is 0. The average Bonchev–Trinajstić information content (AvgIpc) is 2.98. The number of nitrogens with one attached hydrogen (secondary N) is 1. The molecule has 0 unspecified atom stereocenters. The molecule has 1 fully saturated rings. The monoisotopic (exact) mass is 395 g/mol. The van der Waals surface area contributed by atoms with E-state index in [0.717, 1.165) is 30.6 Å². The number of rotatable bonds is 5. The second kappa shape index (κ2) is 8.13. The zero-order valence-electron chi connectivity index (χ0n) is 16.0. The Kier molecular flexibility index (Phi) is 5.40. The van der Waals surface area contributed by atoms with Crippen LogP contribution in [0.3, 0.4) is 0 Å². The summed E-state index contributed by atoms with van der Waals surface area (Å²) in [6.07, 6.45) is 3.64. The van der Waals surface area contributed by atoms with Gasteiger partial charge in [-0.1, -0.05) is 12.5 Å². The van der Waals surface area contributed by atoms with Gasteiger partial charge in [-0.3, -0.25) is 14.4 Å². The predicted molar refractivity (Wildman–Crippen MR) is 107 cm³/mol. The third-order valence-electron chi connectivity index (χ3n) is 5.38. The van der Waals surface area contributed by atoms with Crippen molar-refractivity contribution in [2.45, 2.75) is 19.3 Å². The number of carbonyl (C=O) groups is 3. The Hall–Kier alpha value is -3.06. The van der Waals surface area contributed by atoms with E-state index < -0.39 is 17.6 Å². The molecule has 2 heterocycles. The number of piperidine rings is 1. The molecule has 150 valence electrons. The van der Waals surface area contributed by atoms with Crippen LogP contribution in [0.2, 0.25) is 0 Å². The average molecular weight is 395 g/mol. The summed E-state index contributed by atoms with van der Waals surface area (Å²) in [5, 5.41) is 2.87. The molecular weight excluding hydrogens is 373 g/mol. The third kappa shape index (κ3) is 3.91. The van der Waals surface area contributed by atoms with Crippen LogP contribution in [0, 0.1) is 5.82 Å². The topological polar surface area (TPSA) is 69.7 Å². The summed E-state index contributed by atoms with van der Waals surface area (Å²) in [6.45, 7) is 3.43. The van der Waals surface area contributed by atoms with E-state index in [0.29, 0.717) is 12.1 Å². The van der Waals surface area contributed by atoms with Crippen molar-refractivity contribution < 1.29 is 18.8 Å². The Morgan fingerprint density at radius 2 is 1.72 bits per heavy atom. The van der Waals surface area contributed by atoms with Crippen molar-refractivity contribution in [3.63, 3.8) is 0 Å². The molecule has 3 amide bonds. The van der Waals surface area contributed by atoms with Gasteiger partial charge in [0.15, 0.2) is 0 Å². The molecule has 0 atom stereocenters. The highest BCUT2D eigenvalue weighted by molar-refractivity contribution is 6.34. The Labute approximate surface area is 168 Å². The van der Waals surface area contributed by atoms with Gasteiger partial charge in [0.05, 0.1) is 16.8 Å². The Bertz CT molecular complexity index is 970. The number of amides is 3. The number of benzene rings is 2. The maximum atomic E-state index is 13.5. The van der Waals surface area contributed by atoms with Crippen LogP contribution in [0.25, 0.3) is 0 Å². The van der Waals surface area contributed by atoms with Crippen LogP contribution in [0.15, 0.2) is 42.5 Å². The van der Waals surface area contributed by atoms with Crippen LogP contribution in [0.1, 0.15) is 50.3 Å². The van der Waals surface area contributed by atoms with Crippen LogP contribution in [0.5, 0.6) is 0 Å². The summed E-state index contributed by atoms with van der Waals surface area (Å²) in [4.78, 5) is 41.1. The van der Waals surface area contributed by atoms with Crippen molar-refractivity contribution in [3.05, 3.63) is 65.0 Å². The second-order valence-corrected chi connectivity index (χ2v) is 7.34. The molecule has 2 aromatic rings. The van der Waals surface area contributed by atoms with Crippen LogP contribution in [-0.4, -0.2) is 48.8 Å². The first-order valence-electron chi connectivity index (χ1n) is 9.83. The zero-order chi connectivity index (χ0) is 20.4. The molecule has 2 aliphatic rings. The zero-order valence-corrected chi connectivity index (χ0v) is 16.0. The van der Waals surface area contributed by atoms with Crippen LogP contribution < -0.4 is 10.2 Å². The summed E-state index contributed by atoms with van der Waals surface area (Å²) in [6, 6.07) is 9.77. The van der Waals surface area contributed by atoms with Crippen molar-refractivity contribution in [3.8, 4) is 0 Å². The SMILES string of the molecule is O=C(NCCN1CCCCC1)c1ccc2c(c1)C(=O)N(c1cccc(F)c1)C2=O. The summed E-state index contributed by atoms with van der Waals surface area (Å²) < 4.78 is 13.5. The number of imide groups is 1. The van der Waals surface area contributed by atoms with Gasteiger partial charge in [0.25, 0.3) is 17.7 Å². The Balaban J connectivity index is 1.46. The Morgan fingerprint density at radius 3 is 2.48 bits per heavy atom. The number of halogens is 1. The number of carbonyl (C=O) groups excluding carboxylic acids is 3. The van der Waals surface area contributed by atoms with Gasteiger partial charge in [0, 0.05) is 18.7 Å². The molecular formula is C22H22FN3O3. The summed E-state index contributed by atoms with van der Waals surface area (Å²) in [5.74, 6) is -1.90. The molecule has 6 nitrogen and oxygen atoms in total. The van der Waals surface area contributed by atoms with Gasteiger partial charge in [-0.05, 0) is 62.3 Å². The molecule has 2 aliphatic heterocycles. The van der Waals surface area contributed by atoms with Crippen molar-refractivity contribution in [2.24, 2.45) is 0 Å². The molecule has 0 saturated carbocycles. The third-order valence-corrected chi connectivity index (χ3v) is 5.38. The first kappa shape index (κ1) is 19.3. The van der Waals surface area contributed by atoms with Crippen molar-refractivity contribution in [1.82, 2.24) is 10.2 Å². The highest BCUT2D eigenvalue weighted by Crippen LogP contribution is 2.29. The van der Waals surface area contributed by atoms with Gasteiger partial charge in [0.2, 0.25) is 0 Å². The normalized spacial score (nSPS) is 16.8. The van der Waals surface area contributed by atoms with Crippen LogP contribution >= 0.6 is 0 Å². The van der Waals surface area contributed by atoms with Crippen LogP contribution in [0.4, 0.5) is 10.1 Å². The van der Waals surface area contributed by atoms with E-state index in [1.165, 1.54) is 55.7 Å². The highest BCUT2D eigenvalue weighted by Gasteiger charge is 2.37. The van der Waals surface area contributed by atoms with Gasteiger partial charge >= 0.3 is 0 Å². The van der Waals surface area contributed by atoms with E-state index in [9.17, 15) is 18.8 Å². The number of hydrogen-bond donors (Lipinski definition) is 1. The lowest BCUT2D eigenvalue weighted by atomic mass is 10.1. The largest absolute Gasteiger partial charge is 0.351 e. The molecule has 2 aromatic carbocycles. The van der Waals surface area contributed by atoms with E-state index >= 15 is 0 Å². The molecule has 1 N–H and O–H groups in total. The molecule has 0 aliphatic carbocycles. The lowest BCUT2D eigenvalue weighted by Crippen LogP contribution is -2.37. The van der Waals surface area contributed by atoms with E-state index in [-0.39, 0.29) is 22.7 Å². The van der Waals surface area contributed by atoms with E-state index in [2.05, 4.69) is 10.2 Å². The Morgan fingerprint density at radius 1 is 0.966 bits per heavy atom. The lowest BCUT2D eigenvalue weighted by molar-refractivity contribution is 0.0923. The first-order valence-corrected chi connectivity index (χ1v) is 9.83. The minimum atomic E-state index is -0.557. The maximum Gasteiger partial charge on any atom is 0.266 e. The predicted octanol–water partition coefficient (Wildman–Crippen LogP) is 2.84. The quantitative estimate of drug-likeness (QED) is 0.791. The molecule has 0 radical (unpaired) electrons. The number of anilines is 1. The van der Waals surface area contributed by atoms with E-state index in [1.807, 2.05) is 0 Å². The maximum absolute atomic E-state index is 13.5. The summed E-state index contributed by atoms with van der Waals surface area (Å²) >= 11 is 0. The standard InChI is InChI=1S/C22H22FN3O3/c23-16-5-4-6-17(14-16)26-21(28)18-8-7-15(13-19(18)22(26)29)20(27)24-9-12-25-10-2-1-3-11-25/h4-8,13-14H,1-3,9-12H2,(H,24,27). The summed E-state index contributed by atoms with van der Waals surface area (Å²) in [5.41, 5.74) is 0.862. The molecule has 0 spiro atoms. The van der Waals surface area contributed by atoms with Crippen LogP contribution in [-0.2, 0) is 0 Å². The van der Waals surface area contributed by atoms with E-state index in [1.54, 1.807) is 0 Å². The minimum Gasteiger partial charge on any atom is -0.351 e. The fourth-order valence-electron chi connectivity index (χ4n) is 3.84. The van der Waals surface area contributed by atoms with Crippen molar-refractivity contribution >= 4 is 23.4 Å². The highest BCUT2D eigenvalue weighted by atomic mass is 19.1. The molecule has 1 saturated heterocycles. The molecule has 0 bridgehead atoms. The number of nitrogens with zero attached hydrogens (tertiary/aromatic N) is 2. The smallest absolute Gasteiger partial charge is 0.266 e. The number of fused-ring (bicyclic) bond motifs is 1. The van der Waals surface area contributed by atoms with Gasteiger partial charge in [-0.2, -0.15) is 0 Å². The number of likely N-dealkylation sites (tertiary alicyclic amines) is 1. The van der Waals surface area contributed by atoms with Gasteiger partial charge in [0.1, 0.15) is 5.82 Å².